The minimum absolute atomic E-state index is 0.537. The Morgan fingerprint density at radius 1 is 0.719 bits per heavy atom. The van der Waals surface area contributed by atoms with Crippen molar-refractivity contribution < 1.29 is 0 Å². The summed E-state index contributed by atoms with van der Waals surface area (Å²) < 4.78 is -0.537. The SMILES string of the molecule is Cc1cc(C)c(N2CN(c3c(C)cc(C)cc3C)C(Br)(Br)C2=Cc2ccccc2)c(C)c1. The van der Waals surface area contributed by atoms with E-state index in [1.165, 1.54) is 50.3 Å². The molecule has 0 atom stereocenters. The van der Waals surface area contributed by atoms with E-state index in [9.17, 15) is 0 Å². The van der Waals surface area contributed by atoms with Gasteiger partial charge in [-0.1, -0.05) is 65.7 Å². The van der Waals surface area contributed by atoms with Crippen LogP contribution in [-0.2, 0) is 0 Å². The molecule has 4 heteroatoms. The average molecular weight is 554 g/mol. The molecule has 0 bridgehead atoms. The normalized spacial score (nSPS) is 16.8. The highest BCUT2D eigenvalue weighted by Crippen LogP contribution is 2.52. The second-order valence-electron chi connectivity index (χ2n) is 8.97. The summed E-state index contributed by atoms with van der Waals surface area (Å²) in [5.41, 5.74) is 12.6. The fourth-order valence-corrected chi connectivity index (χ4v) is 6.31. The van der Waals surface area contributed by atoms with Gasteiger partial charge in [0.1, 0.15) is 0 Å². The number of alkyl halides is 2. The van der Waals surface area contributed by atoms with Gasteiger partial charge in [0.15, 0.2) is 3.36 Å². The van der Waals surface area contributed by atoms with Crippen molar-refractivity contribution in [1.29, 1.82) is 0 Å². The van der Waals surface area contributed by atoms with Gasteiger partial charge >= 0.3 is 0 Å². The van der Waals surface area contributed by atoms with E-state index in [4.69, 9.17) is 0 Å². The molecule has 0 N–H and O–H groups in total. The highest BCUT2D eigenvalue weighted by molar-refractivity contribution is 9.25. The first-order chi connectivity index (χ1) is 15.1. The van der Waals surface area contributed by atoms with Crippen molar-refractivity contribution in [3.8, 4) is 0 Å². The molecule has 0 aromatic heterocycles. The lowest BCUT2D eigenvalue weighted by Gasteiger charge is -2.31. The van der Waals surface area contributed by atoms with Crippen molar-refractivity contribution in [2.24, 2.45) is 0 Å². The maximum absolute atomic E-state index is 4.09. The van der Waals surface area contributed by atoms with Crippen LogP contribution in [0.15, 0.2) is 60.3 Å². The van der Waals surface area contributed by atoms with Crippen LogP contribution in [0.5, 0.6) is 0 Å². The zero-order chi connectivity index (χ0) is 23.2. The van der Waals surface area contributed by atoms with Crippen LogP contribution < -0.4 is 9.80 Å². The van der Waals surface area contributed by atoms with Crippen molar-refractivity contribution in [3.63, 3.8) is 0 Å². The average Bonchev–Trinajstić information content (AvgIpc) is 2.92. The minimum Gasteiger partial charge on any atom is -0.324 e. The van der Waals surface area contributed by atoms with Crippen LogP contribution >= 0.6 is 31.9 Å². The molecule has 0 amide bonds. The monoisotopic (exact) mass is 552 g/mol. The highest BCUT2D eigenvalue weighted by Gasteiger charge is 2.47. The zero-order valence-corrected chi connectivity index (χ0v) is 22.8. The summed E-state index contributed by atoms with van der Waals surface area (Å²) in [5.74, 6) is 0. The molecule has 0 radical (unpaired) electrons. The quantitative estimate of drug-likeness (QED) is 0.237. The number of anilines is 2. The Morgan fingerprint density at radius 3 is 1.69 bits per heavy atom. The molecule has 3 aromatic carbocycles. The molecule has 1 aliphatic rings. The van der Waals surface area contributed by atoms with Crippen molar-refractivity contribution in [1.82, 2.24) is 0 Å². The van der Waals surface area contributed by atoms with Gasteiger partial charge in [-0.15, -0.1) is 0 Å². The fourth-order valence-electron chi connectivity index (χ4n) is 5.08. The number of rotatable bonds is 3. The molecule has 0 unspecified atom stereocenters. The summed E-state index contributed by atoms with van der Waals surface area (Å²) >= 11 is 8.18. The van der Waals surface area contributed by atoms with E-state index in [1.807, 2.05) is 0 Å². The van der Waals surface area contributed by atoms with Crippen LogP contribution in [0.2, 0.25) is 0 Å². The van der Waals surface area contributed by atoms with Crippen LogP contribution in [0.25, 0.3) is 6.08 Å². The standard InChI is InChI=1S/C28H30Br2N2/c1-18-12-20(3)26(21(4)13-18)31-17-32(27-22(5)14-19(2)15-23(27)6)28(29,30)25(31)16-24-10-8-7-9-11-24/h7-16H,17H2,1-6H3. The Bertz CT molecular complexity index is 1150. The van der Waals surface area contributed by atoms with Crippen LogP contribution in [0, 0.1) is 41.5 Å². The predicted octanol–water partition coefficient (Wildman–Crippen LogP) is 8.31. The number of halogens is 2. The maximum Gasteiger partial charge on any atom is 0.193 e. The molecule has 1 saturated heterocycles. The van der Waals surface area contributed by atoms with Gasteiger partial charge in [-0.05, 0) is 107 Å². The van der Waals surface area contributed by atoms with Crippen LogP contribution in [0.3, 0.4) is 0 Å². The summed E-state index contributed by atoms with van der Waals surface area (Å²) in [6, 6.07) is 19.6. The lowest BCUT2D eigenvalue weighted by atomic mass is 10.0. The summed E-state index contributed by atoms with van der Waals surface area (Å²) in [6.45, 7) is 13.9. The third kappa shape index (κ3) is 4.15. The van der Waals surface area contributed by atoms with E-state index in [2.05, 4.69) is 144 Å². The molecular weight excluding hydrogens is 524 g/mol. The van der Waals surface area contributed by atoms with E-state index in [1.54, 1.807) is 0 Å². The molecule has 4 rings (SSSR count). The predicted molar refractivity (Wildman–Crippen MR) is 146 cm³/mol. The molecule has 1 heterocycles. The number of benzene rings is 3. The molecule has 0 aliphatic carbocycles. The first-order valence-electron chi connectivity index (χ1n) is 11.0. The second kappa shape index (κ2) is 8.72. The van der Waals surface area contributed by atoms with E-state index >= 15 is 0 Å². The van der Waals surface area contributed by atoms with Crippen molar-refractivity contribution in [2.75, 3.05) is 16.5 Å². The van der Waals surface area contributed by atoms with E-state index < -0.39 is 3.36 Å². The molecular formula is C28H30Br2N2. The van der Waals surface area contributed by atoms with Gasteiger partial charge in [-0.25, -0.2) is 0 Å². The lowest BCUT2D eigenvalue weighted by molar-refractivity contribution is 0.903. The van der Waals surface area contributed by atoms with Crippen molar-refractivity contribution in [3.05, 3.63) is 99.2 Å². The molecule has 32 heavy (non-hydrogen) atoms. The van der Waals surface area contributed by atoms with Gasteiger partial charge in [0.05, 0.1) is 12.4 Å². The lowest BCUT2D eigenvalue weighted by Crippen LogP contribution is -2.35. The molecule has 1 fully saturated rings. The number of hydrogen-bond acceptors (Lipinski definition) is 2. The molecule has 166 valence electrons. The first kappa shape index (κ1) is 23.1. The number of aryl methyl sites for hydroxylation is 6. The second-order valence-corrected chi connectivity index (χ2v) is 12.3. The van der Waals surface area contributed by atoms with Gasteiger partial charge in [-0.3, -0.25) is 0 Å². The third-order valence-electron chi connectivity index (χ3n) is 6.13. The number of nitrogens with zero attached hydrogens (tertiary/aromatic N) is 2. The van der Waals surface area contributed by atoms with Gasteiger partial charge in [-0.2, -0.15) is 0 Å². The molecule has 2 nitrogen and oxygen atoms in total. The van der Waals surface area contributed by atoms with Gasteiger partial charge < -0.3 is 9.80 Å². The van der Waals surface area contributed by atoms with E-state index in [0.717, 1.165) is 12.4 Å². The topological polar surface area (TPSA) is 6.48 Å². The van der Waals surface area contributed by atoms with Crippen LogP contribution in [-0.4, -0.2) is 10.0 Å². The number of hydrogen-bond donors (Lipinski definition) is 0. The summed E-state index contributed by atoms with van der Waals surface area (Å²) in [5, 5.41) is 0. The Labute approximate surface area is 209 Å². The maximum atomic E-state index is 4.09. The van der Waals surface area contributed by atoms with Gasteiger partial charge in [0.25, 0.3) is 0 Å². The highest BCUT2D eigenvalue weighted by atomic mass is 79.9. The van der Waals surface area contributed by atoms with Crippen molar-refractivity contribution in [2.45, 2.75) is 44.9 Å². The minimum atomic E-state index is -0.537. The summed E-state index contributed by atoms with van der Waals surface area (Å²) in [7, 11) is 0. The molecule has 1 aliphatic heterocycles. The van der Waals surface area contributed by atoms with Crippen molar-refractivity contribution >= 4 is 49.3 Å². The Hall–Kier alpha value is -2.04. The first-order valence-corrected chi connectivity index (χ1v) is 12.5. The van der Waals surface area contributed by atoms with Gasteiger partial charge in [0.2, 0.25) is 0 Å². The summed E-state index contributed by atoms with van der Waals surface area (Å²) in [6.07, 6.45) is 2.28. The van der Waals surface area contributed by atoms with E-state index in [0.29, 0.717) is 0 Å². The molecule has 0 saturated carbocycles. The van der Waals surface area contributed by atoms with Crippen LogP contribution in [0.4, 0.5) is 11.4 Å². The molecule has 0 spiro atoms. The Balaban J connectivity index is 1.94. The zero-order valence-electron chi connectivity index (χ0n) is 19.6. The van der Waals surface area contributed by atoms with Crippen LogP contribution in [0.1, 0.15) is 38.9 Å². The van der Waals surface area contributed by atoms with Gasteiger partial charge in [0, 0.05) is 11.4 Å². The largest absolute Gasteiger partial charge is 0.324 e. The smallest absolute Gasteiger partial charge is 0.193 e. The summed E-state index contributed by atoms with van der Waals surface area (Å²) in [4.78, 5) is 4.87. The molecule has 3 aromatic rings. The Morgan fingerprint density at radius 2 is 1.19 bits per heavy atom. The third-order valence-corrected chi connectivity index (χ3v) is 7.80. The van der Waals surface area contributed by atoms with E-state index in [-0.39, 0.29) is 0 Å². The Kier molecular flexibility index (Phi) is 6.30. The fraction of sp³-hybridized carbons (Fsp3) is 0.286.